The number of nitriles is 1. The van der Waals surface area contributed by atoms with Crippen LogP contribution < -0.4 is 0 Å². The van der Waals surface area contributed by atoms with Crippen LogP contribution in [0.2, 0.25) is 0 Å². The number of benzene rings is 1. The molecule has 2 bridgehead atoms. The first-order valence-corrected chi connectivity index (χ1v) is 9.90. The van der Waals surface area contributed by atoms with E-state index in [-0.39, 0.29) is 11.8 Å². The molecule has 1 unspecified atom stereocenters. The minimum atomic E-state index is -1.05. The average molecular weight is 359 g/mol. The van der Waals surface area contributed by atoms with Crippen molar-refractivity contribution >= 4 is 32.5 Å². The van der Waals surface area contributed by atoms with E-state index in [1.165, 1.54) is 4.90 Å². The Balaban J connectivity index is 1.99. The molecule has 4 rings (SSSR count). The number of hydrogen-bond donors (Lipinski definition) is 0. The van der Waals surface area contributed by atoms with Gasteiger partial charge in [0, 0.05) is 13.5 Å². The van der Waals surface area contributed by atoms with E-state index < -0.39 is 30.7 Å². The lowest BCUT2D eigenvalue weighted by molar-refractivity contribution is -0.159. The zero-order valence-electron chi connectivity index (χ0n) is 13.6. The summed E-state index contributed by atoms with van der Waals surface area (Å²) >= 11 is 5.73. The summed E-state index contributed by atoms with van der Waals surface area (Å²) in [6, 6.07) is 11.4. The molecule has 0 N–H and O–H groups in total. The fraction of sp³-hybridized carbons (Fsp3) is 0.471. The number of piperazine rings is 1. The van der Waals surface area contributed by atoms with Crippen molar-refractivity contribution in [1.29, 1.82) is 5.26 Å². The molecule has 2 amide bonds. The van der Waals surface area contributed by atoms with Crippen LogP contribution in [-0.2, 0) is 30.2 Å². The number of hydrogen-bond acceptors (Lipinski definition) is 4. The minimum Gasteiger partial charge on any atom is -0.320 e. The van der Waals surface area contributed by atoms with Crippen LogP contribution in [0.1, 0.15) is 31.9 Å². The summed E-state index contributed by atoms with van der Waals surface area (Å²) in [5, 5.41) is 9.88. The molecule has 1 aromatic rings. The highest BCUT2D eigenvalue weighted by Crippen LogP contribution is 2.64. The predicted octanol–water partition coefficient (Wildman–Crippen LogP) is 1.47. The molecule has 24 heavy (non-hydrogen) atoms. The summed E-state index contributed by atoms with van der Waals surface area (Å²) in [5.74, 6) is -0.251. The van der Waals surface area contributed by atoms with Gasteiger partial charge in [-0.3, -0.25) is 9.59 Å². The predicted molar refractivity (Wildman–Crippen MR) is 93.0 cm³/mol. The van der Waals surface area contributed by atoms with Gasteiger partial charge in [0.15, 0.2) is 9.74 Å². The lowest BCUT2D eigenvalue weighted by Crippen LogP contribution is -2.60. The quantitative estimate of drug-likeness (QED) is 0.762. The van der Waals surface area contributed by atoms with Crippen molar-refractivity contribution in [2.75, 3.05) is 7.05 Å². The highest BCUT2D eigenvalue weighted by Gasteiger charge is 2.80. The van der Waals surface area contributed by atoms with Crippen LogP contribution in [0.15, 0.2) is 30.3 Å². The van der Waals surface area contributed by atoms with Gasteiger partial charge in [-0.25, -0.2) is 0 Å². The highest BCUT2D eigenvalue weighted by molar-refractivity contribution is 8.31. The molecule has 3 aliphatic heterocycles. The van der Waals surface area contributed by atoms with Crippen molar-refractivity contribution in [2.45, 2.75) is 36.1 Å². The minimum absolute atomic E-state index is 0.122. The van der Waals surface area contributed by atoms with E-state index in [4.69, 9.17) is 11.2 Å². The van der Waals surface area contributed by atoms with Gasteiger partial charge in [-0.1, -0.05) is 39.8 Å². The summed E-state index contributed by atoms with van der Waals surface area (Å²) < 4.78 is 0. The smallest absolute Gasteiger partial charge is 0.261 e. The fourth-order valence-electron chi connectivity index (χ4n) is 4.48. The van der Waals surface area contributed by atoms with E-state index >= 15 is 0 Å². The normalized spacial score (nSPS) is 43.2. The van der Waals surface area contributed by atoms with E-state index in [1.54, 1.807) is 18.9 Å². The van der Waals surface area contributed by atoms with E-state index in [9.17, 15) is 14.9 Å². The lowest BCUT2D eigenvalue weighted by atomic mass is 9.79. The Morgan fingerprint density at radius 1 is 1.25 bits per heavy atom. The van der Waals surface area contributed by atoms with E-state index in [2.05, 4.69) is 6.07 Å². The van der Waals surface area contributed by atoms with Gasteiger partial charge >= 0.3 is 0 Å². The molecule has 5 atom stereocenters. The Morgan fingerprint density at radius 2 is 1.88 bits per heavy atom. The van der Waals surface area contributed by atoms with E-state index in [0.717, 1.165) is 5.56 Å². The molecule has 124 valence electrons. The van der Waals surface area contributed by atoms with Gasteiger partial charge in [-0.15, -0.1) is 0 Å². The number of amides is 2. The number of fused-ring (bicyclic) bond motifs is 1. The second-order valence-corrected chi connectivity index (χ2v) is 10.1. The first-order chi connectivity index (χ1) is 11.2. The molecule has 1 spiro atoms. The van der Waals surface area contributed by atoms with Crippen molar-refractivity contribution < 1.29 is 9.59 Å². The van der Waals surface area contributed by atoms with Crippen molar-refractivity contribution in [1.82, 2.24) is 9.80 Å². The summed E-state index contributed by atoms with van der Waals surface area (Å²) in [6.07, 6.45) is 0.299. The third-order valence-electron chi connectivity index (χ3n) is 5.79. The van der Waals surface area contributed by atoms with Crippen LogP contribution in [0.3, 0.4) is 0 Å². The first-order valence-electron chi connectivity index (χ1n) is 7.75. The van der Waals surface area contributed by atoms with Gasteiger partial charge in [0.05, 0.1) is 17.5 Å². The largest absolute Gasteiger partial charge is 0.320 e. The van der Waals surface area contributed by atoms with Crippen LogP contribution in [-0.4, -0.2) is 38.4 Å². The van der Waals surface area contributed by atoms with Crippen LogP contribution >= 0.6 is 0 Å². The maximum atomic E-state index is 13.3. The topological polar surface area (TPSA) is 64.4 Å². The van der Waals surface area contributed by atoms with Crippen LogP contribution in [0.4, 0.5) is 0 Å². The number of carbonyl (C=O) groups is 2. The zero-order chi connectivity index (χ0) is 17.5. The molecule has 3 fully saturated rings. The van der Waals surface area contributed by atoms with Crippen molar-refractivity contribution in [3.8, 4) is 6.07 Å². The Hall–Kier alpha value is -1.78. The molecular formula is C17H17N3O2S2. The van der Waals surface area contributed by atoms with Gasteiger partial charge in [0.25, 0.3) is 11.8 Å². The molecule has 0 aromatic heterocycles. The molecule has 3 heterocycles. The Labute approximate surface area is 147 Å². The highest BCUT2D eigenvalue weighted by atomic mass is 32.8. The maximum Gasteiger partial charge on any atom is 0.261 e. The molecule has 1 aromatic carbocycles. The first kappa shape index (κ1) is 15.7. The lowest BCUT2D eigenvalue weighted by Gasteiger charge is -2.39. The molecule has 0 aliphatic carbocycles. The molecule has 3 aliphatic rings. The summed E-state index contributed by atoms with van der Waals surface area (Å²) in [6.45, 7) is 3.60. The van der Waals surface area contributed by atoms with Crippen molar-refractivity contribution in [2.24, 2.45) is 5.41 Å². The number of nitrogens with zero attached hydrogens (tertiary/aromatic N) is 3. The van der Waals surface area contributed by atoms with E-state index in [1.807, 2.05) is 37.3 Å². The van der Waals surface area contributed by atoms with Crippen molar-refractivity contribution in [3.63, 3.8) is 0 Å². The molecule has 0 saturated carbocycles. The molecule has 7 heteroatoms. The molecule has 5 nitrogen and oxygen atoms in total. The Bertz CT molecular complexity index is 851. The summed E-state index contributed by atoms with van der Waals surface area (Å²) in [4.78, 5) is 27.5. The second-order valence-electron chi connectivity index (χ2n) is 7.09. The Kier molecular flexibility index (Phi) is 2.91. The van der Waals surface area contributed by atoms with Crippen LogP contribution in [0.25, 0.3) is 0 Å². The molecule has 3 saturated heterocycles. The summed E-state index contributed by atoms with van der Waals surface area (Å²) in [5.41, 5.74) is 0.0360. The van der Waals surface area contributed by atoms with Gasteiger partial charge in [0.1, 0.15) is 0 Å². The van der Waals surface area contributed by atoms with Crippen LogP contribution in [0.5, 0.6) is 0 Å². The second kappa shape index (κ2) is 4.44. The zero-order valence-corrected chi connectivity index (χ0v) is 15.3. The fourth-order valence-corrected chi connectivity index (χ4v) is 8.00. The standard InChI is InChI=1S/C17H17N3O2S2/c1-15(10-18)9-17-14(22)19(3)16(2,24(17)23)13(21)20(17)12(15)11-7-5-4-6-8-11/h4-8,12H,9H2,1-3H3/t12-,15+,16-,17-,24?/m0/s1. The third kappa shape index (κ3) is 1.39. The molecule has 0 radical (unpaired) electrons. The average Bonchev–Trinajstić information content (AvgIpc) is 3.02. The van der Waals surface area contributed by atoms with Gasteiger partial charge in [0.2, 0.25) is 0 Å². The number of carbonyl (C=O) groups excluding carboxylic acids is 2. The monoisotopic (exact) mass is 359 g/mol. The summed E-state index contributed by atoms with van der Waals surface area (Å²) in [7, 11) is 0.760. The SMILES string of the molecule is CN1C(=O)[C@@]23C[C@](C)(C#N)[C@H](c4ccccc4)N2C(=O)[C@]1(C)S3=S. The van der Waals surface area contributed by atoms with E-state index in [0.29, 0.717) is 6.42 Å². The molecular weight excluding hydrogens is 342 g/mol. The Morgan fingerprint density at radius 3 is 2.46 bits per heavy atom. The third-order valence-corrected chi connectivity index (χ3v) is 9.89. The maximum absolute atomic E-state index is 13.3. The van der Waals surface area contributed by atoms with Gasteiger partial charge < -0.3 is 9.80 Å². The van der Waals surface area contributed by atoms with Gasteiger partial charge in [-0.05, 0) is 30.6 Å². The number of rotatable bonds is 1. The van der Waals surface area contributed by atoms with Crippen LogP contribution in [0, 0.1) is 16.7 Å². The van der Waals surface area contributed by atoms with Crippen molar-refractivity contribution in [3.05, 3.63) is 35.9 Å². The van der Waals surface area contributed by atoms with Gasteiger partial charge in [-0.2, -0.15) is 5.26 Å². The number of likely N-dealkylation sites (N-methyl/N-ethyl adjacent to an activating group) is 1.